The molecule has 0 radical (unpaired) electrons. The molecule has 1 amide bonds. The summed E-state index contributed by atoms with van der Waals surface area (Å²) in [5.41, 5.74) is 0.390. The van der Waals surface area contributed by atoms with Gasteiger partial charge in [0.15, 0.2) is 0 Å². The van der Waals surface area contributed by atoms with Gasteiger partial charge in [-0.15, -0.1) is 0 Å². The van der Waals surface area contributed by atoms with Crippen LogP contribution in [0.15, 0.2) is 29.2 Å². The molecule has 10 heteroatoms. The average Bonchev–Trinajstić information content (AvgIpc) is 2.76. The molecule has 8 nitrogen and oxygen atoms in total. The van der Waals surface area contributed by atoms with E-state index >= 15 is 0 Å². The average molecular weight is 440 g/mol. The van der Waals surface area contributed by atoms with Crippen LogP contribution < -0.4 is 5.32 Å². The SMILES string of the molecule is COC(=O)[C@@H](CCSC)NC(=O)C1CCN(S(=O)(=O)c2ccc(C#N)cc2)CC1. The van der Waals surface area contributed by atoms with Crippen LogP contribution in [0.2, 0.25) is 0 Å². The molecular weight excluding hydrogens is 414 g/mol. The van der Waals surface area contributed by atoms with Crippen LogP contribution in [0, 0.1) is 17.2 Å². The van der Waals surface area contributed by atoms with Gasteiger partial charge < -0.3 is 10.1 Å². The molecule has 0 saturated carbocycles. The first kappa shape index (κ1) is 23.2. The van der Waals surface area contributed by atoms with E-state index in [1.807, 2.05) is 12.3 Å². The fourth-order valence-corrected chi connectivity index (χ4v) is 5.07. The molecular formula is C19H25N3O5S2. The summed E-state index contributed by atoms with van der Waals surface area (Å²) in [7, 11) is -2.39. The lowest BCUT2D eigenvalue weighted by atomic mass is 9.96. The topological polar surface area (TPSA) is 117 Å². The van der Waals surface area contributed by atoms with Gasteiger partial charge in [-0.25, -0.2) is 13.2 Å². The Balaban J connectivity index is 1.97. The minimum absolute atomic E-state index is 0.127. The molecule has 0 aliphatic carbocycles. The number of benzene rings is 1. The van der Waals surface area contributed by atoms with E-state index in [1.165, 1.54) is 35.7 Å². The zero-order chi connectivity index (χ0) is 21.4. The van der Waals surface area contributed by atoms with Gasteiger partial charge in [0.25, 0.3) is 0 Å². The van der Waals surface area contributed by atoms with Crippen LogP contribution in [-0.2, 0) is 24.3 Å². The Labute approximate surface area is 175 Å². The molecule has 1 atom stereocenters. The smallest absolute Gasteiger partial charge is 0.328 e. The van der Waals surface area contributed by atoms with Gasteiger partial charge in [-0.05, 0) is 55.5 Å². The van der Waals surface area contributed by atoms with Crippen molar-refractivity contribution in [2.45, 2.75) is 30.2 Å². The second-order valence-corrected chi connectivity index (χ2v) is 9.60. The molecule has 1 aromatic rings. The second kappa shape index (κ2) is 10.6. The maximum Gasteiger partial charge on any atom is 0.328 e. The monoisotopic (exact) mass is 439 g/mol. The number of rotatable bonds is 8. The Morgan fingerprint density at radius 2 is 1.93 bits per heavy atom. The second-order valence-electron chi connectivity index (χ2n) is 6.68. The van der Waals surface area contributed by atoms with Crippen LogP contribution in [0.4, 0.5) is 0 Å². The quantitative estimate of drug-likeness (QED) is 0.608. The van der Waals surface area contributed by atoms with Gasteiger partial charge in [0.05, 0.1) is 23.6 Å². The Kier molecular flexibility index (Phi) is 8.49. The summed E-state index contributed by atoms with van der Waals surface area (Å²) < 4.78 is 31.6. The fourth-order valence-electron chi connectivity index (χ4n) is 3.13. The van der Waals surface area contributed by atoms with Gasteiger partial charge >= 0.3 is 5.97 Å². The molecule has 1 aliphatic heterocycles. The molecule has 29 heavy (non-hydrogen) atoms. The number of methoxy groups -OCH3 is 1. The van der Waals surface area contributed by atoms with Crippen molar-refractivity contribution in [1.29, 1.82) is 5.26 Å². The number of thioether (sulfide) groups is 1. The third-order valence-electron chi connectivity index (χ3n) is 4.86. The molecule has 0 aromatic heterocycles. The number of sulfonamides is 1. The molecule has 1 aliphatic rings. The molecule has 1 aromatic carbocycles. The molecule has 1 fully saturated rings. The van der Waals surface area contributed by atoms with Crippen LogP contribution in [0.25, 0.3) is 0 Å². The highest BCUT2D eigenvalue weighted by Gasteiger charge is 2.33. The van der Waals surface area contributed by atoms with E-state index in [0.717, 1.165) is 0 Å². The Hall–Kier alpha value is -2.09. The van der Waals surface area contributed by atoms with E-state index in [9.17, 15) is 18.0 Å². The van der Waals surface area contributed by atoms with E-state index in [-0.39, 0.29) is 29.8 Å². The number of nitriles is 1. The summed E-state index contributed by atoms with van der Waals surface area (Å²) in [6, 6.07) is 7.03. The predicted octanol–water partition coefficient (Wildman–Crippen LogP) is 1.37. The van der Waals surface area contributed by atoms with Gasteiger partial charge in [-0.1, -0.05) is 0 Å². The van der Waals surface area contributed by atoms with Crippen molar-refractivity contribution < 1.29 is 22.7 Å². The van der Waals surface area contributed by atoms with Crippen molar-refractivity contribution in [3.05, 3.63) is 29.8 Å². The zero-order valence-corrected chi connectivity index (χ0v) is 18.1. The third kappa shape index (κ3) is 5.95. The molecule has 0 unspecified atom stereocenters. The van der Waals surface area contributed by atoms with E-state index in [0.29, 0.717) is 30.6 Å². The van der Waals surface area contributed by atoms with Gasteiger partial charge in [0.1, 0.15) is 6.04 Å². The molecule has 0 spiro atoms. The minimum atomic E-state index is -3.67. The molecule has 2 rings (SSSR count). The molecule has 1 heterocycles. The van der Waals surface area contributed by atoms with Crippen molar-refractivity contribution >= 4 is 33.7 Å². The van der Waals surface area contributed by atoms with E-state index in [2.05, 4.69) is 5.32 Å². The van der Waals surface area contributed by atoms with Crippen molar-refractivity contribution in [2.75, 3.05) is 32.2 Å². The van der Waals surface area contributed by atoms with Crippen LogP contribution in [-0.4, -0.2) is 62.8 Å². The number of nitrogens with zero attached hydrogens (tertiary/aromatic N) is 2. The Morgan fingerprint density at radius 1 is 1.31 bits per heavy atom. The number of hydrogen-bond acceptors (Lipinski definition) is 7. The first-order valence-corrected chi connectivity index (χ1v) is 12.0. The predicted molar refractivity (Wildman–Crippen MR) is 110 cm³/mol. The highest BCUT2D eigenvalue weighted by atomic mass is 32.2. The highest BCUT2D eigenvalue weighted by Crippen LogP contribution is 2.24. The first-order chi connectivity index (χ1) is 13.8. The molecule has 158 valence electrons. The van der Waals surface area contributed by atoms with Gasteiger partial charge in [-0.2, -0.15) is 21.3 Å². The lowest BCUT2D eigenvalue weighted by Crippen LogP contribution is -2.48. The number of nitrogens with one attached hydrogen (secondary N) is 1. The summed E-state index contributed by atoms with van der Waals surface area (Å²) in [6.07, 6.45) is 3.14. The van der Waals surface area contributed by atoms with Crippen molar-refractivity contribution in [2.24, 2.45) is 5.92 Å². The number of carbonyl (C=O) groups excluding carboxylic acids is 2. The standard InChI is InChI=1S/C19H25N3O5S2/c1-27-19(24)17(9-12-28-2)21-18(23)15-7-10-22(11-8-15)29(25,26)16-5-3-14(13-20)4-6-16/h3-6,15,17H,7-12H2,1-2H3,(H,21,23)/t17-/m1/s1. The minimum Gasteiger partial charge on any atom is -0.467 e. The largest absolute Gasteiger partial charge is 0.467 e. The summed E-state index contributed by atoms with van der Waals surface area (Å²) in [5, 5.41) is 11.6. The summed E-state index contributed by atoms with van der Waals surface area (Å²) >= 11 is 1.57. The maximum atomic E-state index is 12.8. The maximum absolute atomic E-state index is 12.8. The van der Waals surface area contributed by atoms with Crippen LogP contribution in [0.5, 0.6) is 0 Å². The van der Waals surface area contributed by atoms with Crippen molar-refractivity contribution in [3.8, 4) is 6.07 Å². The highest BCUT2D eigenvalue weighted by molar-refractivity contribution is 7.98. The van der Waals surface area contributed by atoms with Gasteiger partial charge in [0, 0.05) is 19.0 Å². The van der Waals surface area contributed by atoms with E-state index in [4.69, 9.17) is 10.00 Å². The summed E-state index contributed by atoms with van der Waals surface area (Å²) in [6.45, 7) is 0.433. The van der Waals surface area contributed by atoms with Crippen LogP contribution in [0.3, 0.4) is 0 Å². The summed E-state index contributed by atoms with van der Waals surface area (Å²) in [5.74, 6) is -0.379. The number of hydrogen-bond donors (Lipinski definition) is 1. The lowest BCUT2D eigenvalue weighted by Gasteiger charge is -2.31. The summed E-state index contributed by atoms with van der Waals surface area (Å²) in [4.78, 5) is 24.6. The molecule has 0 bridgehead atoms. The Bertz CT molecular complexity index is 857. The van der Waals surface area contributed by atoms with E-state index < -0.39 is 22.0 Å². The lowest BCUT2D eigenvalue weighted by molar-refractivity contribution is -0.145. The van der Waals surface area contributed by atoms with Crippen molar-refractivity contribution in [1.82, 2.24) is 9.62 Å². The van der Waals surface area contributed by atoms with Crippen LogP contribution >= 0.6 is 11.8 Å². The molecule has 1 N–H and O–H groups in total. The van der Waals surface area contributed by atoms with Gasteiger partial charge in [-0.3, -0.25) is 4.79 Å². The van der Waals surface area contributed by atoms with Crippen LogP contribution in [0.1, 0.15) is 24.8 Å². The number of esters is 1. The van der Waals surface area contributed by atoms with Crippen molar-refractivity contribution in [3.63, 3.8) is 0 Å². The number of ether oxygens (including phenoxy) is 1. The number of piperidine rings is 1. The number of carbonyl (C=O) groups is 2. The molecule has 1 saturated heterocycles. The first-order valence-electron chi connectivity index (χ1n) is 9.21. The van der Waals surface area contributed by atoms with E-state index in [1.54, 1.807) is 11.8 Å². The fraction of sp³-hybridized carbons (Fsp3) is 0.526. The number of amides is 1. The van der Waals surface area contributed by atoms with Gasteiger partial charge in [0.2, 0.25) is 15.9 Å². The Morgan fingerprint density at radius 3 is 2.45 bits per heavy atom. The normalized spacial score (nSPS) is 16.6. The zero-order valence-electron chi connectivity index (χ0n) is 16.5. The third-order valence-corrected chi connectivity index (χ3v) is 7.42.